The van der Waals surface area contributed by atoms with Crippen molar-refractivity contribution in [1.29, 1.82) is 0 Å². The van der Waals surface area contributed by atoms with Crippen molar-refractivity contribution in [3.8, 4) is 0 Å². The summed E-state index contributed by atoms with van der Waals surface area (Å²) in [6.07, 6.45) is 3.56. The smallest absolute Gasteiger partial charge is 0.315 e. The lowest BCUT2D eigenvalue weighted by atomic mass is 9.94. The molecule has 0 aromatic heterocycles. The van der Waals surface area contributed by atoms with E-state index in [0.717, 1.165) is 19.3 Å². The Morgan fingerprint density at radius 3 is 2.64 bits per heavy atom. The standard InChI is InChI=1S/C19H27N3O3/c23-18(22-11-13-25-14-12-22)9-10-20-19(24)21-17-8-4-7-16(17)15-5-2-1-3-6-15/h1-3,5-6,16-17H,4,7-14H2,(H2,20,21,24)/t16-,17+/m0/s1. The number of nitrogens with one attached hydrogen (secondary N) is 2. The third kappa shape index (κ3) is 4.95. The number of carbonyl (C=O) groups excluding carboxylic acids is 2. The lowest BCUT2D eigenvalue weighted by Crippen LogP contribution is -2.45. The maximum Gasteiger partial charge on any atom is 0.315 e. The van der Waals surface area contributed by atoms with Crippen LogP contribution in [0.5, 0.6) is 0 Å². The van der Waals surface area contributed by atoms with E-state index in [1.165, 1.54) is 5.56 Å². The number of ether oxygens (including phenoxy) is 1. The molecule has 1 heterocycles. The molecule has 1 aliphatic carbocycles. The highest BCUT2D eigenvalue weighted by Gasteiger charge is 2.29. The molecule has 3 amide bonds. The third-order valence-corrected chi connectivity index (χ3v) is 5.05. The molecule has 2 fully saturated rings. The van der Waals surface area contributed by atoms with Crippen LogP contribution in [0.4, 0.5) is 4.79 Å². The fourth-order valence-corrected chi connectivity index (χ4v) is 3.71. The molecule has 1 saturated heterocycles. The van der Waals surface area contributed by atoms with E-state index in [1.54, 1.807) is 4.90 Å². The summed E-state index contributed by atoms with van der Waals surface area (Å²) < 4.78 is 5.24. The molecular formula is C19H27N3O3. The van der Waals surface area contributed by atoms with E-state index in [-0.39, 0.29) is 18.0 Å². The van der Waals surface area contributed by atoms with Crippen LogP contribution in [0.3, 0.4) is 0 Å². The average molecular weight is 345 g/mol. The van der Waals surface area contributed by atoms with Gasteiger partial charge in [-0.2, -0.15) is 0 Å². The second-order valence-electron chi connectivity index (χ2n) is 6.70. The van der Waals surface area contributed by atoms with Gasteiger partial charge in [-0.1, -0.05) is 36.8 Å². The molecule has 3 rings (SSSR count). The number of carbonyl (C=O) groups is 2. The first-order valence-corrected chi connectivity index (χ1v) is 9.19. The number of benzene rings is 1. The van der Waals surface area contributed by atoms with E-state index in [9.17, 15) is 9.59 Å². The molecule has 0 bridgehead atoms. The lowest BCUT2D eigenvalue weighted by Gasteiger charge is -2.27. The van der Waals surface area contributed by atoms with E-state index < -0.39 is 0 Å². The normalized spacial score (nSPS) is 23.3. The minimum Gasteiger partial charge on any atom is -0.378 e. The van der Waals surface area contributed by atoms with Crippen LogP contribution in [-0.2, 0) is 9.53 Å². The van der Waals surface area contributed by atoms with Gasteiger partial charge in [0.05, 0.1) is 13.2 Å². The Morgan fingerprint density at radius 2 is 1.88 bits per heavy atom. The van der Waals surface area contributed by atoms with Crippen LogP contribution in [0.2, 0.25) is 0 Å². The molecule has 6 heteroatoms. The van der Waals surface area contributed by atoms with Crippen molar-refractivity contribution in [2.24, 2.45) is 0 Å². The van der Waals surface area contributed by atoms with Gasteiger partial charge in [0.15, 0.2) is 0 Å². The number of nitrogens with zero attached hydrogens (tertiary/aromatic N) is 1. The van der Waals surface area contributed by atoms with Gasteiger partial charge in [0.2, 0.25) is 5.91 Å². The maximum atomic E-state index is 12.2. The number of rotatable bonds is 5. The minimum absolute atomic E-state index is 0.0756. The van der Waals surface area contributed by atoms with Gasteiger partial charge in [-0.05, 0) is 18.4 Å². The molecule has 1 aliphatic heterocycles. The summed E-state index contributed by atoms with van der Waals surface area (Å²) in [5.74, 6) is 0.452. The lowest BCUT2D eigenvalue weighted by molar-refractivity contribution is -0.135. The Balaban J connectivity index is 1.40. The quantitative estimate of drug-likeness (QED) is 0.856. The zero-order chi connectivity index (χ0) is 17.5. The summed E-state index contributed by atoms with van der Waals surface area (Å²) in [6, 6.07) is 10.3. The molecule has 2 N–H and O–H groups in total. The van der Waals surface area contributed by atoms with E-state index in [1.807, 2.05) is 18.2 Å². The third-order valence-electron chi connectivity index (χ3n) is 5.05. The number of urea groups is 1. The van der Waals surface area contributed by atoms with Gasteiger partial charge in [-0.15, -0.1) is 0 Å². The molecule has 1 aromatic rings. The Bertz CT molecular complexity index is 573. The first-order chi connectivity index (χ1) is 12.2. The van der Waals surface area contributed by atoms with Crippen molar-refractivity contribution in [3.63, 3.8) is 0 Å². The van der Waals surface area contributed by atoms with Crippen LogP contribution < -0.4 is 10.6 Å². The summed E-state index contributed by atoms with van der Waals surface area (Å²) in [5.41, 5.74) is 1.28. The highest BCUT2D eigenvalue weighted by atomic mass is 16.5. The molecule has 1 saturated carbocycles. The molecule has 6 nitrogen and oxygen atoms in total. The second-order valence-corrected chi connectivity index (χ2v) is 6.70. The van der Waals surface area contributed by atoms with Crippen LogP contribution in [-0.4, -0.2) is 55.7 Å². The summed E-state index contributed by atoms with van der Waals surface area (Å²) in [5, 5.41) is 5.91. The average Bonchev–Trinajstić information content (AvgIpc) is 3.11. The molecule has 136 valence electrons. The van der Waals surface area contributed by atoms with Crippen LogP contribution in [0.25, 0.3) is 0 Å². The minimum atomic E-state index is -0.178. The molecule has 2 aliphatic rings. The fraction of sp³-hybridized carbons (Fsp3) is 0.579. The molecule has 1 aromatic carbocycles. The van der Waals surface area contributed by atoms with Gasteiger partial charge in [0, 0.05) is 38.0 Å². The predicted molar refractivity (Wildman–Crippen MR) is 95.4 cm³/mol. The number of amides is 3. The van der Waals surface area contributed by atoms with Crippen LogP contribution in [0, 0.1) is 0 Å². The van der Waals surface area contributed by atoms with Crippen molar-refractivity contribution < 1.29 is 14.3 Å². The molecule has 0 spiro atoms. The highest BCUT2D eigenvalue weighted by molar-refractivity contribution is 5.78. The number of hydrogen-bond acceptors (Lipinski definition) is 3. The first kappa shape index (κ1) is 17.7. The van der Waals surface area contributed by atoms with E-state index in [0.29, 0.717) is 45.2 Å². The van der Waals surface area contributed by atoms with Gasteiger partial charge < -0.3 is 20.3 Å². The summed E-state index contributed by atoms with van der Waals surface area (Å²) >= 11 is 0. The van der Waals surface area contributed by atoms with E-state index in [2.05, 4.69) is 22.8 Å². The Kier molecular flexibility index (Phi) is 6.28. The monoisotopic (exact) mass is 345 g/mol. The SMILES string of the molecule is O=C(NCCC(=O)N1CCOCC1)N[C@@H]1CCC[C@H]1c1ccccc1. The van der Waals surface area contributed by atoms with Gasteiger partial charge in [0.1, 0.15) is 0 Å². The predicted octanol–water partition coefficient (Wildman–Crippen LogP) is 1.87. The van der Waals surface area contributed by atoms with Crippen LogP contribution >= 0.6 is 0 Å². The Hall–Kier alpha value is -2.08. The van der Waals surface area contributed by atoms with Crippen LogP contribution in [0.1, 0.15) is 37.2 Å². The van der Waals surface area contributed by atoms with Gasteiger partial charge in [-0.3, -0.25) is 4.79 Å². The summed E-state index contributed by atoms with van der Waals surface area (Å²) in [6.45, 7) is 2.85. The highest BCUT2D eigenvalue weighted by Crippen LogP contribution is 2.34. The van der Waals surface area contributed by atoms with Crippen LogP contribution in [0.15, 0.2) is 30.3 Å². The van der Waals surface area contributed by atoms with Gasteiger partial charge in [-0.25, -0.2) is 4.79 Å². The van der Waals surface area contributed by atoms with Crippen molar-refractivity contribution in [2.45, 2.75) is 37.6 Å². The maximum absolute atomic E-state index is 12.2. The Labute approximate surface area is 148 Å². The number of hydrogen-bond donors (Lipinski definition) is 2. The number of morpholine rings is 1. The topological polar surface area (TPSA) is 70.7 Å². The molecular weight excluding hydrogens is 318 g/mol. The summed E-state index contributed by atoms with van der Waals surface area (Å²) in [7, 11) is 0. The van der Waals surface area contributed by atoms with Gasteiger partial charge in [0.25, 0.3) is 0 Å². The molecule has 2 atom stereocenters. The largest absolute Gasteiger partial charge is 0.378 e. The Morgan fingerprint density at radius 1 is 1.12 bits per heavy atom. The van der Waals surface area contributed by atoms with Crippen molar-refractivity contribution in [1.82, 2.24) is 15.5 Å². The van der Waals surface area contributed by atoms with Crippen molar-refractivity contribution >= 4 is 11.9 Å². The zero-order valence-corrected chi connectivity index (χ0v) is 14.6. The van der Waals surface area contributed by atoms with E-state index in [4.69, 9.17) is 4.74 Å². The summed E-state index contributed by atoms with van der Waals surface area (Å²) in [4.78, 5) is 26.0. The zero-order valence-electron chi connectivity index (χ0n) is 14.6. The van der Waals surface area contributed by atoms with Gasteiger partial charge >= 0.3 is 6.03 Å². The molecule has 0 unspecified atom stereocenters. The molecule has 25 heavy (non-hydrogen) atoms. The van der Waals surface area contributed by atoms with E-state index >= 15 is 0 Å². The fourth-order valence-electron chi connectivity index (χ4n) is 3.71. The van der Waals surface area contributed by atoms with Crippen molar-refractivity contribution in [2.75, 3.05) is 32.8 Å². The second kappa shape index (κ2) is 8.85. The molecule has 0 radical (unpaired) electrons. The first-order valence-electron chi connectivity index (χ1n) is 9.19. The van der Waals surface area contributed by atoms with Crippen molar-refractivity contribution in [3.05, 3.63) is 35.9 Å².